The van der Waals surface area contributed by atoms with E-state index in [0.717, 1.165) is 43.4 Å². The lowest BCUT2D eigenvalue weighted by atomic mass is 9.95. The summed E-state index contributed by atoms with van der Waals surface area (Å²) < 4.78 is 11.2. The van der Waals surface area contributed by atoms with Gasteiger partial charge in [-0.3, -0.25) is 9.59 Å². The Hall–Kier alpha value is -2.24. The monoisotopic (exact) mass is 390 g/mol. The zero-order valence-electron chi connectivity index (χ0n) is 17.5. The van der Waals surface area contributed by atoms with Gasteiger partial charge in [-0.1, -0.05) is 26.3 Å². The van der Waals surface area contributed by atoms with Gasteiger partial charge in [0, 0.05) is 32.0 Å². The maximum atomic E-state index is 12.5. The Morgan fingerprint density at radius 1 is 1.14 bits per heavy atom. The van der Waals surface area contributed by atoms with Gasteiger partial charge in [0.25, 0.3) is 0 Å². The molecule has 28 heavy (non-hydrogen) atoms. The van der Waals surface area contributed by atoms with E-state index in [-0.39, 0.29) is 17.7 Å². The third-order valence-electron chi connectivity index (χ3n) is 5.13. The third kappa shape index (κ3) is 6.43. The molecule has 1 saturated heterocycles. The fourth-order valence-electron chi connectivity index (χ4n) is 3.36. The van der Waals surface area contributed by atoms with Crippen molar-refractivity contribution in [3.8, 4) is 11.5 Å². The lowest BCUT2D eigenvalue weighted by molar-refractivity contribution is -0.135. The number of carbonyl (C=O) groups is 2. The van der Waals surface area contributed by atoms with Crippen LogP contribution in [0.1, 0.15) is 57.9 Å². The van der Waals surface area contributed by atoms with Crippen LogP contribution in [0.2, 0.25) is 0 Å². The van der Waals surface area contributed by atoms with E-state index in [9.17, 15) is 9.59 Å². The number of piperidine rings is 1. The standard InChI is InChI=1S/C22H34N2O4/c1-4-6-14-28-19-9-8-17(15-20(19)27-3)16-23-22(26)18-10-12-24(13-11-18)21(25)7-5-2/h8-9,15,18H,4-7,10-14,16H2,1-3H3,(H,23,26). The Kier molecular flexibility index (Phi) is 9.11. The number of likely N-dealkylation sites (tertiary alicyclic amines) is 1. The lowest BCUT2D eigenvalue weighted by Gasteiger charge is -2.31. The van der Waals surface area contributed by atoms with E-state index in [0.29, 0.717) is 38.4 Å². The van der Waals surface area contributed by atoms with Crippen LogP contribution < -0.4 is 14.8 Å². The zero-order valence-corrected chi connectivity index (χ0v) is 17.5. The number of hydrogen-bond donors (Lipinski definition) is 1. The molecule has 1 heterocycles. The summed E-state index contributed by atoms with van der Waals surface area (Å²) in [5.41, 5.74) is 0.976. The second-order valence-corrected chi connectivity index (χ2v) is 7.31. The van der Waals surface area contributed by atoms with Crippen LogP contribution >= 0.6 is 0 Å². The molecule has 1 N–H and O–H groups in total. The van der Waals surface area contributed by atoms with E-state index in [1.807, 2.05) is 30.0 Å². The summed E-state index contributed by atoms with van der Waals surface area (Å²) >= 11 is 0. The number of nitrogens with one attached hydrogen (secondary N) is 1. The molecule has 0 aromatic heterocycles. The minimum atomic E-state index is -0.0239. The highest BCUT2D eigenvalue weighted by Crippen LogP contribution is 2.28. The van der Waals surface area contributed by atoms with Crippen LogP contribution in [0.5, 0.6) is 11.5 Å². The van der Waals surface area contributed by atoms with Crippen LogP contribution in [0.25, 0.3) is 0 Å². The summed E-state index contributed by atoms with van der Waals surface area (Å²) in [4.78, 5) is 26.3. The van der Waals surface area contributed by atoms with Gasteiger partial charge < -0.3 is 19.7 Å². The Labute approximate surface area is 168 Å². The molecule has 0 radical (unpaired) electrons. The van der Waals surface area contributed by atoms with Crippen LogP contribution in [0, 0.1) is 5.92 Å². The third-order valence-corrected chi connectivity index (χ3v) is 5.13. The molecule has 1 aromatic rings. The summed E-state index contributed by atoms with van der Waals surface area (Å²) in [7, 11) is 1.62. The van der Waals surface area contributed by atoms with Crippen molar-refractivity contribution in [2.45, 2.75) is 58.9 Å². The van der Waals surface area contributed by atoms with Crippen molar-refractivity contribution in [2.24, 2.45) is 5.92 Å². The molecule has 1 aromatic carbocycles. The zero-order chi connectivity index (χ0) is 20.4. The molecule has 0 aliphatic carbocycles. The van der Waals surface area contributed by atoms with Gasteiger partial charge in [0.1, 0.15) is 0 Å². The molecule has 2 amide bonds. The predicted molar refractivity (Wildman–Crippen MR) is 109 cm³/mol. The molecule has 0 atom stereocenters. The average molecular weight is 391 g/mol. The van der Waals surface area contributed by atoms with Crippen LogP contribution in [-0.4, -0.2) is 43.5 Å². The molecule has 6 heteroatoms. The predicted octanol–water partition coefficient (Wildman–Crippen LogP) is 3.53. The van der Waals surface area contributed by atoms with Gasteiger partial charge in [0.05, 0.1) is 13.7 Å². The van der Waals surface area contributed by atoms with Crippen LogP contribution in [-0.2, 0) is 16.1 Å². The molecule has 0 spiro atoms. The smallest absolute Gasteiger partial charge is 0.223 e. The molecule has 2 rings (SSSR count). The Balaban J connectivity index is 1.82. The number of hydrogen-bond acceptors (Lipinski definition) is 4. The molecular weight excluding hydrogens is 356 g/mol. The highest BCUT2D eigenvalue weighted by Gasteiger charge is 2.26. The van der Waals surface area contributed by atoms with E-state index in [1.54, 1.807) is 7.11 Å². The number of rotatable bonds is 10. The minimum Gasteiger partial charge on any atom is -0.493 e. The molecule has 0 bridgehead atoms. The van der Waals surface area contributed by atoms with Gasteiger partial charge >= 0.3 is 0 Å². The molecule has 1 aliphatic rings. The first-order chi connectivity index (χ1) is 13.6. The second-order valence-electron chi connectivity index (χ2n) is 7.31. The first-order valence-corrected chi connectivity index (χ1v) is 10.4. The molecule has 1 aliphatic heterocycles. The Morgan fingerprint density at radius 2 is 1.89 bits per heavy atom. The van der Waals surface area contributed by atoms with Crippen molar-refractivity contribution >= 4 is 11.8 Å². The van der Waals surface area contributed by atoms with Gasteiger partial charge in [-0.05, 0) is 43.4 Å². The van der Waals surface area contributed by atoms with Gasteiger partial charge in [-0.15, -0.1) is 0 Å². The quantitative estimate of drug-likeness (QED) is 0.621. The number of amides is 2. The number of unbranched alkanes of at least 4 members (excludes halogenated alkanes) is 1. The normalized spacial score (nSPS) is 14.6. The van der Waals surface area contributed by atoms with Gasteiger partial charge in [0.15, 0.2) is 11.5 Å². The summed E-state index contributed by atoms with van der Waals surface area (Å²) in [6.07, 6.45) is 5.01. The van der Waals surface area contributed by atoms with Crippen LogP contribution in [0.4, 0.5) is 0 Å². The first-order valence-electron chi connectivity index (χ1n) is 10.4. The SMILES string of the molecule is CCCCOc1ccc(CNC(=O)C2CCN(C(=O)CCC)CC2)cc1OC. The van der Waals surface area contributed by atoms with Crippen molar-refractivity contribution in [2.75, 3.05) is 26.8 Å². The maximum Gasteiger partial charge on any atom is 0.223 e. The van der Waals surface area contributed by atoms with E-state index in [2.05, 4.69) is 12.2 Å². The van der Waals surface area contributed by atoms with Crippen molar-refractivity contribution in [1.29, 1.82) is 0 Å². The van der Waals surface area contributed by atoms with Crippen molar-refractivity contribution in [3.05, 3.63) is 23.8 Å². The molecule has 6 nitrogen and oxygen atoms in total. The Bertz CT molecular complexity index is 639. The van der Waals surface area contributed by atoms with Gasteiger partial charge in [-0.25, -0.2) is 0 Å². The highest BCUT2D eigenvalue weighted by atomic mass is 16.5. The molecular formula is C22H34N2O4. The van der Waals surface area contributed by atoms with Crippen molar-refractivity contribution < 1.29 is 19.1 Å². The number of methoxy groups -OCH3 is 1. The number of benzene rings is 1. The van der Waals surface area contributed by atoms with Gasteiger partial charge in [-0.2, -0.15) is 0 Å². The largest absolute Gasteiger partial charge is 0.493 e. The topological polar surface area (TPSA) is 67.9 Å². The Morgan fingerprint density at radius 3 is 2.54 bits per heavy atom. The molecule has 156 valence electrons. The van der Waals surface area contributed by atoms with Gasteiger partial charge in [0.2, 0.25) is 11.8 Å². The first kappa shape index (κ1) is 22.1. The maximum absolute atomic E-state index is 12.5. The minimum absolute atomic E-state index is 0.0239. The average Bonchev–Trinajstić information content (AvgIpc) is 2.73. The van der Waals surface area contributed by atoms with E-state index >= 15 is 0 Å². The molecule has 0 unspecified atom stereocenters. The number of ether oxygens (including phenoxy) is 2. The van der Waals surface area contributed by atoms with E-state index in [1.165, 1.54) is 0 Å². The lowest BCUT2D eigenvalue weighted by Crippen LogP contribution is -2.42. The summed E-state index contributed by atoms with van der Waals surface area (Å²) in [5, 5.41) is 3.02. The fraction of sp³-hybridized carbons (Fsp3) is 0.636. The molecule has 0 saturated carbocycles. The highest BCUT2D eigenvalue weighted by molar-refractivity contribution is 5.80. The summed E-state index contributed by atoms with van der Waals surface area (Å²) in [5.74, 6) is 1.66. The van der Waals surface area contributed by atoms with E-state index < -0.39 is 0 Å². The number of carbonyl (C=O) groups excluding carboxylic acids is 2. The number of nitrogens with zero attached hydrogens (tertiary/aromatic N) is 1. The van der Waals surface area contributed by atoms with E-state index in [4.69, 9.17) is 9.47 Å². The van der Waals surface area contributed by atoms with Crippen molar-refractivity contribution in [3.63, 3.8) is 0 Å². The molecule has 1 fully saturated rings. The second kappa shape index (κ2) is 11.6. The summed E-state index contributed by atoms with van der Waals surface area (Å²) in [6, 6.07) is 5.76. The van der Waals surface area contributed by atoms with Crippen molar-refractivity contribution in [1.82, 2.24) is 10.2 Å². The summed E-state index contributed by atoms with van der Waals surface area (Å²) in [6.45, 7) is 6.61. The fourth-order valence-corrected chi connectivity index (χ4v) is 3.36. The van der Waals surface area contributed by atoms with Crippen LogP contribution in [0.15, 0.2) is 18.2 Å². The van der Waals surface area contributed by atoms with Crippen LogP contribution in [0.3, 0.4) is 0 Å².